The van der Waals surface area contributed by atoms with Crippen LogP contribution >= 0.6 is 11.6 Å². The molecule has 0 aliphatic heterocycles. The number of hydrogen-bond acceptors (Lipinski definition) is 1. The molecule has 1 aromatic carbocycles. The van der Waals surface area contributed by atoms with Gasteiger partial charge in [-0.1, -0.05) is 108 Å². The highest BCUT2D eigenvalue weighted by Crippen LogP contribution is 2.26. The summed E-state index contributed by atoms with van der Waals surface area (Å²) in [5.41, 5.74) is 1.16. The van der Waals surface area contributed by atoms with Gasteiger partial charge in [0.05, 0.1) is 4.87 Å². The van der Waals surface area contributed by atoms with E-state index in [4.69, 9.17) is 11.6 Å². The third-order valence-corrected chi connectivity index (χ3v) is 4.14. The molecule has 0 radical (unpaired) electrons. The van der Waals surface area contributed by atoms with Gasteiger partial charge < -0.3 is 6.15 Å². The first-order valence-electron chi connectivity index (χ1n) is 9.26. The van der Waals surface area contributed by atoms with E-state index in [1.807, 2.05) is 44.2 Å². The van der Waals surface area contributed by atoms with E-state index in [1.54, 1.807) is 0 Å². The van der Waals surface area contributed by atoms with Crippen LogP contribution in [0.25, 0.3) is 0 Å². The molecule has 0 atom stereocenters. The standard InChI is InChI=1S/C12H26.C9H11Cl.H3N/c1-3-5-7-9-11-12-10-8-6-4-2;1-9(2,10)8-6-4-3-5-7-8;/h3-12H2,1-2H3;3-7H,1-2H3;1H3. The zero-order chi connectivity index (χ0) is 16.7. The Hall–Kier alpha value is -0.530. The second kappa shape index (κ2) is 16.3. The van der Waals surface area contributed by atoms with Crippen molar-refractivity contribution in [3.05, 3.63) is 35.9 Å². The minimum atomic E-state index is -0.235. The Balaban J connectivity index is 0. The molecule has 0 spiro atoms. The lowest BCUT2D eigenvalue weighted by Gasteiger charge is -2.15. The van der Waals surface area contributed by atoms with Crippen molar-refractivity contribution in [3.63, 3.8) is 0 Å². The summed E-state index contributed by atoms with van der Waals surface area (Å²) in [7, 11) is 0. The summed E-state index contributed by atoms with van der Waals surface area (Å²) in [5, 5.41) is 0. The highest BCUT2D eigenvalue weighted by atomic mass is 35.5. The summed E-state index contributed by atoms with van der Waals surface area (Å²) >= 11 is 6.06. The maximum absolute atomic E-state index is 6.06. The number of halogens is 1. The maximum Gasteiger partial charge on any atom is 0.0638 e. The predicted octanol–water partition coefficient (Wildman–Crippen LogP) is 8.25. The minimum Gasteiger partial charge on any atom is -0.344 e. The summed E-state index contributed by atoms with van der Waals surface area (Å²) < 4.78 is 0. The molecule has 3 N–H and O–H groups in total. The van der Waals surface area contributed by atoms with Gasteiger partial charge >= 0.3 is 0 Å². The predicted molar refractivity (Wildman–Crippen MR) is 108 cm³/mol. The van der Waals surface area contributed by atoms with Crippen molar-refractivity contribution in [2.24, 2.45) is 0 Å². The van der Waals surface area contributed by atoms with Gasteiger partial charge in [0.2, 0.25) is 0 Å². The van der Waals surface area contributed by atoms with Gasteiger partial charge in [-0.2, -0.15) is 0 Å². The van der Waals surface area contributed by atoms with Crippen LogP contribution in [0, 0.1) is 0 Å². The van der Waals surface area contributed by atoms with Gasteiger partial charge in [0.1, 0.15) is 0 Å². The van der Waals surface area contributed by atoms with E-state index in [-0.39, 0.29) is 11.0 Å². The molecule has 0 saturated carbocycles. The van der Waals surface area contributed by atoms with Gasteiger partial charge in [0.25, 0.3) is 0 Å². The molecule has 136 valence electrons. The third-order valence-electron chi connectivity index (χ3n) is 3.92. The van der Waals surface area contributed by atoms with Crippen LogP contribution in [0.2, 0.25) is 0 Å². The van der Waals surface area contributed by atoms with Crippen LogP contribution in [0.5, 0.6) is 0 Å². The lowest BCUT2D eigenvalue weighted by Crippen LogP contribution is -2.06. The number of rotatable bonds is 10. The Morgan fingerprint density at radius 1 is 0.696 bits per heavy atom. The molecule has 2 heteroatoms. The average Bonchev–Trinajstić information content (AvgIpc) is 2.51. The van der Waals surface area contributed by atoms with E-state index >= 15 is 0 Å². The Labute approximate surface area is 150 Å². The van der Waals surface area contributed by atoms with Gasteiger partial charge in [-0.3, -0.25) is 0 Å². The van der Waals surface area contributed by atoms with E-state index < -0.39 is 0 Å². The van der Waals surface area contributed by atoms with E-state index in [1.165, 1.54) is 64.2 Å². The van der Waals surface area contributed by atoms with Crippen molar-refractivity contribution >= 4 is 11.6 Å². The topological polar surface area (TPSA) is 35.0 Å². The zero-order valence-corrected chi connectivity index (χ0v) is 16.8. The van der Waals surface area contributed by atoms with Gasteiger partial charge in [-0.25, -0.2) is 0 Å². The molecule has 23 heavy (non-hydrogen) atoms. The van der Waals surface area contributed by atoms with Crippen LogP contribution in [0.3, 0.4) is 0 Å². The molecule has 0 aliphatic rings. The molecule has 0 heterocycles. The van der Waals surface area contributed by atoms with Crippen molar-refractivity contribution in [3.8, 4) is 0 Å². The average molecular weight is 342 g/mol. The fourth-order valence-corrected chi connectivity index (χ4v) is 2.52. The molecule has 1 aromatic rings. The zero-order valence-electron chi connectivity index (χ0n) is 16.0. The Kier molecular flexibility index (Phi) is 17.6. The molecule has 1 nitrogen and oxygen atoms in total. The van der Waals surface area contributed by atoms with E-state index in [0.717, 1.165) is 5.56 Å². The van der Waals surface area contributed by atoms with Crippen LogP contribution < -0.4 is 6.15 Å². The van der Waals surface area contributed by atoms with E-state index in [2.05, 4.69) is 13.8 Å². The van der Waals surface area contributed by atoms with Crippen molar-refractivity contribution in [1.29, 1.82) is 0 Å². The lowest BCUT2D eigenvalue weighted by molar-refractivity contribution is 0.562. The first-order chi connectivity index (χ1) is 10.5. The highest BCUT2D eigenvalue weighted by molar-refractivity contribution is 6.23. The van der Waals surface area contributed by atoms with Crippen LogP contribution in [0.15, 0.2) is 30.3 Å². The highest BCUT2D eigenvalue weighted by Gasteiger charge is 2.14. The number of hydrogen-bond donors (Lipinski definition) is 1. The van der Waals surface area contributed by atoms with Crippen molar-refractivity contribution in [2.45, 2.75) is 96.8 Å². The molecule has 0 saturated heterocycles. The minimum absolute atomic E-state index is 0. The second-order valence-corrected chi connectivity index (χ2v) is 7.61. The normalized spacial score (nSPS) is 10.5. The van der Waals surface area contributed by atoms with Crippen molar-refractivity contribution < 1.29 is 0 Å². The Morgan fingerprint density at radius 2 is 1.04 bits per heavy atom. The molecule has 0 bridgehead atoms. The number of benzene rings is 1. The molecular formula is C21H40ClN. The van der Waals surface area contributed by atoms with Crippen molar-refractivity contribution in [2.75, 3.05) is 0 Å². The van der Waals surface area contributed by atoms with Crippen LogP contribution in [-0.4, -0.2) is 0 Å². The first-order valence-corrected chi connectivity index (χ1v) is 9.64. The van der Waals surface area contributed by atoms with Crippen LogP contribution in [0.4, 0.5) is 0 Å². The fraction of sp³-hybridized carbons (Fsp3) is 0.714. The van der Waals surface area contributed by atoms with Crippen molar-refractivity contribution in [1.82, 2.24) is 6.15 Å². The van der Waals surface area contributed by atoms with Gasteiger partial charge in [0, 0.05) is 0 Å². The summed E-state index contributed by atoms with van der Waals surface area (Å²) in [6, 6.07) is 10.1. The van der Waals surface area contributed by atoms with E-state index in [9.17, 15) is 0 Å². The molecule has 1 rings (SSSR count). The second-order valence-electron chi connectivity index (χ2n) is 6.67. The molecule has 0 aromatic heterocycles. The Bertz CT molecular complexity index is 319. The molecule has 0 unspecified atom stereocenters. The monoisotopic (exact) mass is 341 g/mol. The SMILES string of the molecule is CC(C)(Cl)c1ccccc1.CCCCCCCCCCCC.N. The molecule has 0 amide bonds. The summed E-state index contributed by atoms with van der Waals surface area (Å²) in [5.74, 6) is 0. The smallest absolute Gasteiger partial charge is 0.0638 e. The maximum atomic E-state index is 6.06. The quantitative estimate of drug-likeness (QED) is 0.337. The third kappa shape index (κ3) is 16.1. The summed E-state index contributed by atoms with van der Waals surface area (Å²) in [6.45, 7) is 8.54. The summed E-state index contributed by atoms with van der Waals surface area (Å²) in [4.78, 5) is -0.235. The lowest BCUT2D eigenvalue weighted by atomic mass is 10.0. The number of alkyl halides is 1. The van der Waals surface area contributed by atoms with Crippen LogP contribution in [0.1, 0.15) is 97.5 Å². The largest absolute Gasteiger partial charge is 0.344 e. The van der Waals surface area contributed by atoms with Gasteiger partial charge in [0.15, 0.2) is 0 Å². The Morgan fingerprint density at radius 3 is 1.30 bits per heavy atom. The molecular weight excluding hydrogens is 302 g/mol. The summed E-state index contributed by atoms with van der Waals surface area (Å²) in [6.07, 6.45) is 14.4. The van der Waals surface area contributed by atoms with E-state index in [0.29, 0.717) is 0 Å². The van der Waals surface area contributed by atoms with Gasteiger partial charge in [-0.05, 0) is 19.4 Å². The van der Waals surface area contributed by atoms with Crippen LogP contribution in [-0.2, 0) is 4.87 Å². The first kappa shape index (κ1) is 24.7. The molecule has 0 aliphatic carbocycles. The number of unbranched alkanes of at least 4 members (excludes halogenated alkanes) is 9. The molecule has 0 fully saturated rings. The fourth-order valence-electron chi connectivity index (χ4n) is 2.40. The van der Waals surface area contributed by atoms with Gasteiger partial charge in [-0.15, -0.1) is 11.6 Å².